The number of allylic oxidation sites excluding steroid dienone is 1. The highest BCUT2D eigenvalue weighted by molar-refractivity contribution is 5.69. The standard InChI is InChI=1S/C17H25N3O3/c1-11-9-13-12(10-19(11)16(22)23-17(2,3)4)15-14(21)7-5-6-8-20(15)18-13/h5-6,11,14,21H,7-10H2,1-4H3. The van der Waals surface area contributed by atoms with Crippen molar-refractivity contribution in [3.05, 3.63) is 29.1 Å². The van der Waals surface area contributed by atoms with E-state index < -0.39 is 11.7 Å². The third kappa shape index (κ3) is 3.13. The highest BCUT2D eigenvalue weighted by atomic mass is 16.6. The fraction of sp³-hybridized carbons (Fsp3) is 0.647. The lowest BCUT2D eigenvalue weighted by molar-refractivity contribution is 0.0135. The molecule has 0 aliphatic carbocycles. The number of hydrogen-bond donors (Lipinski definition) is 1. The summed E-state index contributed by atoms with van der Waals surface area (Å²) in [6.45, 7) is 8.72. The number of ether oxygens (including phenoxy) is 1. The van der Waals surface area contributed by atoms with Crippen LogP contribution in [-0.2, 0) is 24.2 Å². The Kier molecular flexibility index (Phi) is 3.96. The Morgan fingerprint density at radius 2 is 2.13 bits per heavy atom. The van der Waals surface area contributed by atoms with Crippen LogP contribution in [0.15, 0.2) is 12.2 Å². The molecule has 2 aliphatic heterocycles. The van der Waals surface area contributed by atoms with Crippen molar-refractivity contribution >= 4 is 6.09 Å². The number of aromatic nitrogens is 2. The lowest BCUT2D eigenvalue weighted by atomic mass is 9.97. The van der Waals surface area contributed by atoms with Crippen LogP contribution in [0.4, 0.5) is 4.79 Å². The zero-order valence-corrected chi connectivity index (χ0v) is 14.2. The average Bonchev–Trinajstić information content (AvgIpc) is 2.67. The van der Waals surface area contributed by atoms with Gasteiger partial charge in [0.2, 0.25) is 0 Å². The minimum Gasteiger partial charge on any atom is -0.444 e. The molecule has 0 fully saturated rings. The van der Waals surface area contributed by atoms with Crippen LogP contribution in [0.25, 0.3) is 0 Å². The normalized spacial score (nSPS) is 24.0. The third-order valence-electron chi connectivity index (χ3n) is 4.27. The summed E-state index contributed by atoms with van der Waals surface area (Å²) in [7, 11) is 0. The first-order valence-corrected chi connectivity index (χ1v) is 8.17. The zero-order valence-electron chi connectivity index (χ0n) is 14.2. The van der Waals surface area contributed by atoms with Crippen LogP contribution in [0.3, 0.4) is 0 Å². The molecule has 1 aromatic heterocycles. The van der Waals surface area contributed by atoms with Gasteiger partial charge in [0.25, 0.3) is 0 Å². The van der Waals surface area contributed by atoms with Crippen molar-refractivity contribution in [3.8, 4) is 0 Å². The summed E-state index contributed by atoms with van der Waals surface area (Å²) in [5.74, 6) is 0. The van der Waals surface area contributed by atoms with Gasteiger partial charge in [-0.1, -0.05) is 12.2 Å². The van der Waals surface area contributed by atoms with Gasteiger partial charge in [-0.2, -0.15) is 5.10 Å². The molecule has 23 heavy (non-hydrogen) atoms. The second-order valence-electron chi connectivity index (χ2n) is 7.38. The van der Waals surface area contributed by atoms with Gasteiger partial charge in [0, 0.05) is 18.0 Å². The fourth-order valence-corrected chi connectivity index (χ4v) is 3.20. The molecule has 2 atom stereocenters. The Bertz CT molecular complexity index is 642. The van der Waals surface area contributed by atoms with E-state index >= 15 is 0 Å². The van der Waals surface area contributed by atoms with Gasteiger partial charge in [-0.25, -0.2) is 4.79 Å². The summed E-state index contributed by atoms with van der Waals surface area (Å²) < 4.78 is 7.38. The topological polar surface area (TPSA) is 67.6 Å². The monoisotopic (exact) mass is 319 g/mol. The minimum atomic E-state index is -0.570. The lowest BCUT2D eigenvalue weighted by Crippen LogP contribution is -2.45. The van der Waals surface area contributed by atoms with Crippen molar-refractivity contribution in [1.82, 2.24) is 14.7 Å². The summed E-state index contributed by atoms with van der Waals surface area (Å²) in [5.41, 5.74) is 2.29. The molecule has 0 saturated heterocycles. The number of aliphatic hydroxyl groups excluding tert-OH is 1. The molecule has 6 heteroatoms. The van der Waals surface area contributed by atoms with E-state index in [4.69, 9.17) is 4.74 Å². The lowest BCUT2D eigenvalue weighted by Gasteiger charge is -2.34. The van der Waals surface area contributed by atoms with E-state index in [9.17, 15) is 9.90 Å². The Morgan fingerprint density at radius 3 is 2.83 bits per heavy atom. The second-order valence-corrected chi connectivity index (χ2v) is 7.38. The quantitative estimate of drug-likeness (QED) is 0.746. The van der Waals surface area contributed by atoms with Gasteiger partial charge in [-0.3, -0.25) is 4.68 Å². The number of aliphatic hydroxyl groups is 1. The second kappa shape index (κ2) is 5.67. The van der Waals surface area contributed by atoms with Crippen molar-refractivity contribution in [1.29, 1.82) is 0 Å². The summed E-state index contributed by atoms with van der Waals surface area (Å²) in [4.78, 5) is 14.2. The maximum absolute atomic E-state index is 12.5. The van der Waals surface area contributed by atoms with Crippen molar-refractivity contribution in [3.63, 3.8) is 0 Å². The number of carbonyl (C=O) groups is 1. The predicted octanol–water partition coefficient (Wildman–Crippen LogP) is 2.56. The number of carbonyl (C=O) groups excluding carboxylic acids is 1. The first kappa shape index (κ1) is 16.1. The average molecular weight is 319 g/mol. The SMILES string of the molecule is CC1Cc2nn3c(c2CN1C(=O)OC(C)(C)C)C(O)CC=CC3. The van der Waals surface area contributed by atoms with E-state index in [2.05, 4.69) is 5.10 Å². The first-order chi connectivity index (χ1) is 10.8. The van der Waals surface area contributed by atoms with Crippen LogP contribution in [0.5, 0.6) is 0 Å². The summed E-state index contributed by atoms with van der Waals surface area (Å²) >= 11 is 0. The van der Waals surface area contributed by atoms with E-state index in [1.54, 1.807) is 4.90 Å². The van der Waals surface area contributed by atoms with Gasteiger partial charge >= 0.3 is 6.09 Å². The molecule has 126 valence electrons. The number of amides is 1. The highest BCUT2D eigenvalue weighted by Crippen LogP contribution is 2.32. The van der Waals surface area contributed by atoms with Crippen LogP contribution in [-0.4, -0.2) is 37.5 Å². The Labute approximate surface area is 136 Å². The zero-order chi connectivity index (χ0) is 16.8. The van der Waals surface area contributed by atoms with Gasteiger partial charge in [-0.15, -0.1) is 0 Å². The molecule has 1 amide bonds. The van der Waals surface area contributed by atoms with E-state index in [0.29, 0.717) is 25.9 Å². The van der Waals surface area contributed by atoms with E-state index in [0.717, 1.165) is 17.0 Å². The molecule has 0 bridgehead atoms. The van der Waals surface area contributed by atoms with E-state index in [1.807, 2.05) is 44.5 Å². The number of rotatable bonds is 0. The largest absolute Gasteiger partial charge is 0.444 e. The smallest absolute Gasteiger partial charge is 0.410 e. The van der Waals surface area contributed by atoms with Gasteiger partial charge in [0.05, 0.1) is 30.6 Å². The van der Waals surface area contributed by atoms with Crippen LogP contribution < -0.4 is 0 Å². The number of nitrogens with zero attached hydrogens (tertiary/aromatic N) is 3. The predicted molar refractivity (Wildman–Crippen MR) is 85.9 cm³/mol. The summed E-state index contributed by atoms with van der Waals surface area (Å²) in [6, 6.07) is 0.0316. The van der Waals surface area contributed by atoms with Gasteiger partial charge < -0.3 is 14.7 Å². The van der Waals surface area contributed by atoms with Gasteiger partial charge in [0.15, 0.2) is 0 Å². The molecule has 2 unspecified atom stereocenters. The molecule has 0 spiro atoms. The molecule has 0 radical (unpaired) electrons. The Morgan fingerprint density at radius 1 is 1.39 bits per heavy atom. The Hall–Kier alpha value is -1.82. The molecule has 6 nitrogen and oxygen atoms in total. The maximum Gasteiger partial charge on any atom is 0.410 e. The van der Waals surface area contributed by atoms with Crippen LogP contribution in [0, 0.1) is 0 Å². The van der Waals surface area contributed by atoms with Crippen molar-refractivity contribution in [2.24, 2.45) is 0 Å². The molecular weight excluding hydrogens is 294 g/mol. The molecule has 1 N–H and O–H groups in total. The van der Waals surface area contributed by atoms with E-state index in [1.165, 1.54) is 0 Å². The van der Waals surface area contributed by atoms with Crippen molar-refractivity contribution in [2.45, 2.75) is 71.4 Å². The first-order valence-electron chi connectivity index (χ1n) is 8.17. The van der Waals surface area contributed by atoms with Crippen LogP contribution in [0.2, 0.25) is 0 Å². The van der Waals surface area contributed by atoms with Crippen molar-refractivity contribution < 1.29 is 14.6 Å². The van der Waals surface area contributed by atoms with Crippen molar-refractivity contribution in [2.75, 3.05) is 0 Å². The highest BCUT2D eigenvalue weighted by Gasteiger charge is 2.35. The maximum atomic E-state index is 12.5. The number of hydrogen-bond acceptors (Lipinski definition) is 4. The molecular formula is C17H25N3O3. The molecule has 2 aliphatic rings. The fourth-order valence-electron chi connectivity index (χ4n) is 3.20. The minimum absolute atomic E-state index is 0.0316. The molecule has 0 aromatic carbocycles. The van der Waals surface area contributed by atoms with E-state index in [-0.39, 0.29) is 12.1 Å². The Balaban J connectivity index is 1.90. The number of fused-ring (bicyclic) bond motifs is 3. The third-order valence-corrected chi connectivity index (χ3v) is 4.27. The molecule has 0 saturated carbocycles. The summed E-state index contributed by atoms with van der Waals surface area (Å²) in [6.07, 6.45) is 4.39. The van der Waals surface area contributed by atoms with Crippen LogP contribution in [0.1, 0.15) is 57.2 Å². The summed E-state index contributed by atoms with van der Waals surface area (Å²) in [5, 5.41) is 15.1. The van der Waals surface area contributed by atoms with Crippen LogP contribution >= 0.6 is 0 Å². The molecule has 3 heterocycles. The molecule has 1 aromatic rings. The van der Waals surface area contributed by atoms with Gasteiger partial charge in [0.1, 0.15) is 5.60 Å². The van der Waals surface area contributed by atoms with Gasteiger partial charge in [-0.05, 0) is 34.1 Å². The molecule has 3 rings (SSSR count).